The average Bonchev–Trinajstić information content (AvgIpc) is 2.46. The molecule has 1 aliphatic heterocycles. The van der Waals surface area contributed by atoms with Crippen LogP contribution < -0.4 is 4.74 Å². The molecule has 0 radical (unpaired) electrons. The van der Waals surface area contributed by atoms with Crippen molar-refractivity contribution in [2.45, 2.75) is 6.54 Å². The van der Waals surface area contributed by atoms with E-state index in [2.05, 4.69) is 15.9 Å². The van der Waals surface area contributed by atoms with Crippen molar-refractivity contribution in [1.82, 2.24) is 4.90 Å². The number of nitrogens with zero attached hydrogens (tertiary/aromatic N) is 1. The van der Waals surface area contributed by atoms with E-state index < -0.39 is 11.7 Å². The molecule has 0 N–H and O–H groups in total. The number of hydrogen-bond donors (Lipinski definition) is 0. The molecule has 0 saturated carbocycles. The van der Waals surface area contributed by atoms with Gasteiger partial charge in [0.25, 0.3) is 5.91 Å². The molecule has 0 bridgehead atoms. The minimum absolute atomic E-state index is 0.0185. The molecular formula is C15H9BrCl2FNO2. The Morgan fingerprint density at radius 3 is 2.64 bits per heavy atom. The van der Waals surface area contributed by atoms with Crippen molar-refractivity contribution in [2.75, 3.05) is 6.73 Å². The maximum atomic E-state index is 13.2. The minimum atomic E-state index is -0.587. The predicted molar refractivity (Wildman–Crippen MR) is 85.9 cm³/mol. The third-order valence-corrected chi connectivity index (χ3v) is 4.50. The van der Waals surface area contributed by atoms with E-state index in [1.165, 1.54) is 4.90 Å². The van der Waals surface area contributed by atoms with E-state index in [0.29, 0.717) is 12.3 Å². The number of ether oxygens (including phenoxy) is 1. The Hall–Kier alpha value is -1.30. The summed E-state index contributed by atoms with van der Waals surface area (Å²) in [5.41, 5.74) is 0.940. The van der Waals surface area contributed by atoms with E-state index in [4.69, 9.17) is 27.9 Å². The fraction of sp³-hybridized carbons (Fsp3) is 0.133. The highest BCUT2D eigenvalue weighted by Crippen LogP contribution is 2.34. The third kappa shape index (κ3) is 2.81. The molecular weight excluding hydrogens is 396 g/mol. The summed E-state index contributed by atoms with van der Waals surface area (Å²) in [5, 5.41) is -0.0370. The van der Waals surface area contributed by atoms with Gasteiger partial charge in [-0.3, -0.25) is 4.79 Å². The lowest BCUT2D eigenvalue weighted by Crippen LogP contribution is -2.37. The van der Waals surface area contributed by atoms with Crippen molar-refractivity contribution < 1.29 is 13.9 Å². The fourth-order valence-corrected chi connectivity index (χ4v) is 3.41. The first-order valence-electron chi connectivity index (χ1n) is 6.31. The van der Waals surface area contributed by atoms with Crippen LogP contribution in [0.1, 0.15) is 15.9 Å². The van der Waals surface area contributed by atoms with Gasteiger partial charge < -0.3 is 9.64 Å². The van der Waals surface area contributed by atoms with Crippen molar-refractivity contribution in [1.29, 1.82) is 0 Å². The van der Waals surface area contributed by atoms with Gasteiger partial charge in [0, 0.05) is 5.56 Å². The van der Waals surface area contributed by atoms with Gasteiger partial charge in [-0.25, -0.2) is 4.39 Å². The van der Waals surface area contributed by atoms with Crippen LogP contribution in [0.25, 0.3) is 0 Å². The number of benzene rings is 2. The first-order valence-corrected chi connectivity index (χ1v) is 7.86. The first kappa shape index (κ1) is 15.6. The molecule has 114 valence electrons. The summed E-state index contributed by atoms with van der Waals surface area (Å²) < 4.78 is 19.7. The molecule has 0 atom stereocenters. The molecule has 1 amide bonds. The summed E-state index contributed by atoms with van der Waals surface area (Å²) >= 11 is 15.3. The Bertz CT molecular complexity index is 746. The second kappa shape index (κ2) is 6.07. The Labute approximate surface area is 144 Å². The average molecular weight is 405 g/mol. The monoisotopic (exact) mass is 403 g/mol. The molecule has 22 heavy (non-hydrogen) atoms. The molecule has 0 saturated heterocycles. The van der Waals surface area contributed by atoms with Crippen molar-refractivity contribution in [3.63, 3.8) is 0 Å². The molecule has 0 aromatic heterocycles. The summed E-state index contributed by atoms with van der Waals surface area (Å²) in [6.07, 6.45) is 0. The van der Waals surface area contributed by atoms with E-state index in [1.807, 2.05) is 18.2 Å². The molecule has 0 fully saturated rings. The Balaban J connectivity index is 1.92. The van der Waals surface area contributed by atoms with Gasteiger partial charge in [0.2, 0.25) is 0 Å². The molecule has 2 aromatic rings. The van der Waals surface area contributed by atoms with Crippen molar-refractivity contribution in [2.24, 2.45) is 0 Å². The Morgan fingerprint density at radius 2 is 1.95 bits per heavy atom. The molecule has 1 heterocycles. The van der Waals surface area contributed by atoms with Gasteiger partial charge in [-0.2, -0.15) is 0 Å². The highest BCUT2D eigenvalue weighted by molar-refractivity contribution is 9.10. The largest absolute Gasteiger partial charge is 0.471 e. The van der Waals surface area contributed by atoms with Crippen LogP contribution >= 0.6 is 39.1 Å². The molecule has 0 spiro atoms. The molecule has 2 aromatic carbocycles. The topological polar surface area (TPSA) is 29.5 Å². The maximum absolute atomic E-state index is 13.2. The number of fused-ring (bicyclic) bond motifs is 1. The first-order chi connectivity index (χ1) is 10.5. The number of para-hydroxylation sites is 1. The van der Waals surface area contributed by atoms with Gasteiger partial charge >= 0.3 is 0 Å². The summed E-state index contributed by atoms with van der Waals surface area (Å²) in [4.78, 5) is 14.0. The maximum Gasteiger partial charge on any atom is 0.259 e. The van der Waals surface area contributed by atoms with Crippen LogP contribution in [0, 0.1) is 5.82 Å². The molecule has 3 nitrogen and oxygen atoms in total. The van der Waals surface area contributed by atoms with Gasteiger partial charge in [-0.1, -0.05) is 35.3 Å². The SMILES string of the molecule is O=C(c1c(Cl)cc(F)cc1Cl)N1COc2c(Br)cccc2C1. The van der Waals surface area contributed by atoms with E-state index >= 15 is 0 Å². The van der Waals surface area contributed by atoms with Crippen LogP contribution in [0.5, 0.6) is 5.75 Å². The number of amides is 1. The minimum Gasteiger partial charge on any atom is -0.471 e. The quantitative estimate of drug-likeness (QED) is 0.677. The van der Waals surface area contributed by atoms with Gasteiger partial charge in [0.1, 0.15) is 11.6 Å². The molecule has 7 heteroatoms. The van der Waals surface area contributed by atoms with Crippen molar-refractivity contribution in [3.8, 4) is 5.75 Å². The van der Waals surface area contributed by atoms with E-state index in [0.717, 1.165) is 22.2 Å². The number of hydrogen-bond acceptors (Lipinski definition) is 2. The standard InChI is InChI=1S/C15H9BrCl2FNO2/c16-10-3-1-2-8-6-20(7-22-14(8)10)15(21)13-11(17)4-9(19)5-12(13)18/h1-5H,6-7H2. The lowest BCUT2D eigenvalue weighted by Gasteiger charge is -2.30. The van der Waals surface area contributed by atoms with E-state index in [1.54, 1.807) is 0 Å². The highest BCUT2D eigenvalue weighted by atomic mass is 79.9. The molecule has 1 aliphatic rings. The van der Waals surface area contributed by atoms with Crippen LogP contribution in [-0.4, -0.2) is 17.5 Å². The lowest BCUT2D eigenvalue weighted by molar-refractivity contribution is 0.0512. The second-order valence-electron chi connectivity index (χ2n) is 4.75. The van der Waals surface area contributed by atoms with Gasteiger partial charge in [0.15, 0.2) is 6.73 Å². The predicted octanol–water partition coefficient (Wildman–Crippen LogP) is 4.89. The summed E-state index contributed by atoms with van der Waals surface area (Å²) in [7, 11) is 0. The summed E-state index contributed by atoms with van der Waals surface area (Å²) in [6, 6.07) is 7.72. The molecule has 3 rings (SSSR count). The normalized spacial score (nSPS) is 13.5. The second-order valence-corrected chi connectivity index (χ2v) is 6.42. The number of rotatable bonds is 1. The number of carbonyl (C=O) groups excluding carboxylic acids is 1. The lowest BCUT2D eigenvalue weighted by atomic mass is 10.1. The van der Waals surface area contributed by atoms with Crippen molar-refractivity contribution >= 4 is 45.0 Å². The zero-order valence-electron chi connectivity index (χ0n) is 11.1. The van der Waals surface area contributed by atoms with Crippen molar-refractivity contribution in [3.05, 3.63) is 61.8 Å². The van der Waals surface area contributed by atoms with Gasteiger partial charge in [-0.05, 0) is 34.1 Å². The zero-order valence-corrected chi connectivity index (χ0v) is 14.2. The fourth-order valence-electron chi connectivity index (χ4n) is 2.27. The van der Waals surface area contributed by atoms with Crippen LogP contribution in [0.3, 0.4) is 0 Å². The smallest absolute Gasteiger partial charge is 0.259 e. The van der Waals surface area contributed by atoms with E-state index in [9.17, 15) is 9.18 Å². The zero-order chi connectivity index (χ0) is 15.9. The van der Waals surface area contributed by atoms with Gasteiger partial charge in [0.05, 0.1) is 26.6 Å². The Kier molecular flexibility index (Phi) is 4.30. The Morgan fingerprint density at radius 1 is 1.27 bits per heavy atom. The third-order valence-electron chi connectivity index (χ3n) is 3.28. The molecule has 0 unspecified atom stereocenters. The van der Waals surface area contributed by atoms with Crippen LogP contribution in [0.15, 0.2) is 34.8 Å². The molecule has 0 aliphatic carbocycles. The van der Waals surface area contributed by atoms with E-state index in [-0.39, 0.29) is 22.3 Å². The summed E-state index contributed by atoms with van der Waals surface area (Å²) in [6.45, 7) is 0.427. The number of halogens is 4. The highest BCUT2D eigenvalue weighted by Gasteiger charge is 2.27. The number of carbonyl (C=O) groups is 1. The van der Waals surface area contributed by atoms with Crippen LogP contribution in [0.2, 0.25) is 10.0 Å². The van der Waals surface area contributed by atoms with Crippen LogP contribution in [-0.2, 0) is 6.54 Å². The van der Waals surface area contributed by atoms with Crippen LogP contribution in [0.4, 0.5) is 4.39 Å². The van der Waals surface area contributed by atoms with Gasteiger partial charge in [-0.15, -0.1) is 0 Å². The summed E-state index contributed by atoms with van der Waals surface area (Å²) in [5.74, 6) is -0.279.